The van der Waals surface area contributed by atoms with Crippen LogP contribution in [0.15, 0.2) is 0 Å². The number of nitrogens with zero attached hydrogens (tertiary/aromatic N) is 1. The minimum absolute atomic E-state index is 0.144. The number of methoxy groups -OCH3 is 1. The van der Waals surface area contributed by atoms with E-state index in [0.29, 0.717) is 25.0 Å². The summed E-state index contributed by atoms with van der Waals surface area (Å²) in [5.41, 5.74) is 0. The van der Waals surface area contributed by atoms with Crippen molar-refractivity contribution < 1.29 is 9.53 Å². The fourth-order valence-electron chi connectivity index (χ4n) is 2.31. The third kappa shape index (κ3) is 4.28. The van der Waals surface area contributed by atoms with E-state index >= 15 is 0 Å². The van der Waals surface area contributed by atoms with Crippen molar-refractivity contribution in [1.29, 1.82) is 0 Å². The first kappa shape index (κ1) is 14.5. The lowest BCUT2D eigenvalue weighted by atomic mass is 9.96. The van der Waals surface area contributed by atoms with E-state index in [0.717, 1.165) is 19.6 Å². The molecule has 1 amide bonds. The standard InChI is InChI=1S/C13H26N2O2/c1-10(2)9-15(5-6-17-4)13(16)12-8-14-7-11(12)3/h10-12,14H,5-9H2,1-4H3/t11-,12-/m1/s1. The van der Waals surface area contributed by atoms with Crippen molar-refractivity contribution in [2.24, 2.45) is 17.8 Å². The van der Waals surface area contributed by atoms with E-state index in [2.05, 4.69) is 26.1 Å². The summed E-state index contributed by atoms with van der Waals surface area (Å²) >= 11 is 0. The molecule has 1 heterocycles. The number of nitrogens with one attached hydrogen (secondary N) is 1. The van der Waals surface area contributed by atoms with E-state index in [-0.39, 0.29) is 11.8 Å². The number of amides is 1. The first-order valence-corrected chi connectivity index (χ1v) is 6.54. The number of carbonyl (C=O) groups is 1. The smallest absolute Gasteiger partial charge is 0.227 e. The van der Waals surface area contributed by atoms with Gasteiger partial charge in [0.15, 0.2) is 0 Å². The molecular formula is C13H26N2O2. The summed E-state index contributed by atoms with van der Waals surface area (Å²) in [5.74, 6) is 1.37. The summed E-state index contributed by atoms with van der Waals surface area (Å²) in [4.78, 5) is 14.4. The van der Waals surface area contributed by atoms with Gasteiger partial charge >= 0.3 is 0 Å². The number of hydrogen-bond donors (Lipinski definition) is 1. The summed E-state index contributed by atoms with van der Waals surface area (Å²) in [6, 6.07) is 0. The minimum atomic E-state index is 0.144. The fourth-order valence-corrected chi connectivity index (χ4v) is 2.31. The molecule has 0 unspecified atom stereocenters. The van der Waals surface area contributed by atoms with E-state index in [1.807, 2.05) is 4.90 Å². The van der Waals surface area contributed by atoms with Gasteiger partial charge in [0.2, 0.25) is 5.91 Å². The van der Waals surface area contributed by atoms with Crippen molar-refractivity contribution in [3.05, 3.63) is 0 Å². The highest BCUT2D eigenvalue weighted by Gasteiger charge is 2.32. The Kier molecular flexibility index (Phi) is 5.92. The average molecular weight is 242 g/mol. The molecule has 0 radical (unpaired) electrons. The molecule has 2 atom stereocenters. The Bertz CT molecular complexity index is 244. The molecule has 1 rings (SSSR count). The third-order valence-electron chi connectivity index (χ3n) is 3.30. The van der Waals surface area contributed by atoms with Gasteiger partial charge in [-0.25, -0.2) is 0 Å². The second-order valence-corrected chi connectivity index (χ2v) is 5.41. The van der Waals surface area contributed by atoms with Gasteiger partial charge < -0.3 is 15.0 Å². The lowest BCUT2D eigenvalue weighted by Gasteiger charge is -2.28. The summed E-state index contributed by atoms with van der Waals surface area (Å²) in [6.45, 7) is 10.4. The monoisotopic (exact) mass is 242 g/mol. The molecule has 4 heteroatoms. The van der Waals surface area contributed by atoms with Crippen molar-refractivity contribution in [3.8, 4) is 0 Å². The number of carbonyl (C=O) groups excluding carboxylic acids is 1. The molecule has 1 N–H and O–H groups in total. The normalized spacial score (nSPS) is 24.3. The molecule has 0 spiro atoms. The zero-order valence-corrected chi connectivity index (χ0v) is 11.5. The van der Waals surface area contributed by atoms with Crippen LogP contribution < -0.4 is 5.32 Å². The van der Waals surface area contributed by atoms with Crippen LogP contribution in [0.2, 0.25) is 0 Å². The largest absolute Gasteiger partial charge is 0.383 e. The van der Waals surface area contributed by atoms with E-state index in [9.17, 15) is 4.79 Å². The maximum atomic E-state index is 12.4. The highest BCUT2D eigenvalue weighted by atomic mass is 16.5. The lowest BCUT2D eigenvalue weighted by Crippen LogP contribution is -2.42. The highest BCUT2D eigenvalue weighted by Crippen LogP contribution is 2.19. The van der Waals surface area contributed by atoms with E-state index in [4.69, 9.17) is 4.74 Å². The molecule has 1 aliphatic heterocycles. The topological polar surface area (TPSA) is 41.6 Å². The van der Waals surface area contributed by atoms with Crippen LogP contribution in [-0.2, 0) is 9.53 Å². The average Bonchev–Trinajstić information content (AvgIpc) is 2.69. The Hall–Kier alpha value is -0.610. The van der Waals surface area contributed by atoms with Crippen LogP contribution in [0.3, 0.4) is 0 Å². The van der Waals surface area contributed by atoms with Gasteiger partial charge in [0, 0.05) is 26.7 Å². The minimum Gasteiger partial charge on any atom is -0.383 e. The molecule has 1 fully saturated rings. The fraction of sp³-hybridized carbons (Fsp3) is 0.923. The van der Waals surface area contributed by atoms with Crippen molar-refractivity contribution in [2.45, 2.75) is 20.8 Å². The van der Waals surface area contributed by atoms with Gasteiger partial charge in [-0.2, -0.15) is 0 Å². The summed E-state index contributed by atoms with van der Waals surface area (Å²) < 4.78 is 5.08. The maximum Gasteiger partial charge on any atom is 0.227 e. The Morgan fingerprint density at radius 1 is 1.47 bits per heavy atom. The molecular weight excluding hydrogens is 216 g/mol. The van der Waals surface area contributed by atoms with Gasteiger partial charge in [-0.05, 0) is 18.4 Å². The van der Waals surface area contributed by atoms with E-state index in [1.165, 1.54) is 0 Å². The Balaban J connectivity index is 2.57. The molecule has 17 heavy (non-hydrogen) atoms. The Morgan fingerprint density at radius 2 is 2.18 bits per heavy atom. The van der Waals surface area contributed by atoms with Gasteiger partial charge in [-0.3, -0.25) is 4.79 Å². The highest BCUT2D eigenvalue weighted by molar-refractivity contribution is 5.79. The predicted molar refractivity (Wildman–Crippen MR) is 68.8 cm³/mol. The Labute approximate surface area is 105 Å². The first-order chi connectivity index (χ1) is 8.06. The zero-order chi connectivity index (χ0) is 12.8. The van der Waals surface area contributed by atoms with Crippen LogP contribution in [0.25, 0.3) is 0 Å². The predicted octanol–water partition coefficient (Wildman–Crippen LogP) is 0.973. The van der Waals surface area contributed by atoms with Crippen molar-refractivity contribution in [1.82, 2.24) is 10.2 Å². The van der Waals surface area contributed by atoms with Gasteiger partial charge in [0.1, 0.15) is 0 Å². The van der Waals surface area contributed by atoms with Crippen LogP contribution in [-0.4, -0.2) is 50.7 Å². The molecule has 0 aromatic carbocycles. The summed E-state index contributed by atoms with van der Waals surface area (Å²) in [5, 5.41) is 3.29. The molecule has 1 saturated heterocycles. The Morgan fingerprint density at radius 3 is 2.65 bits per heavy atom. The van der Waals surface area contributed by atoms with Gasteiger partial charge in [0.25, 0.3) is 0 Å². The molecule has 0 aromatic heterocycles. The van der Waals surface area contributed by atoms with Crippen LogP contribution in [0, 0.1) is 17.8 Å². The third-order valence-corrected chi connectivity index (χ3v) is 3.30. The van der Waals surface area contributed by atoms with Crippen LogP contribution >= 0.6 is 0 Å². The zero-order valence-electron chi connectivity index (χ0n) is 11.5. The number of ether oxygens (including phenoxy) is 1. The SMILES string of the molecule is COCCN(CC(C)C)C(=O)[C@@H]1CNC[C@H]1C. The van der Waals surface area contributed by atoms with Gasteiger partial charge in [-0.1, -0.05) is 20.8 Å². The van der Waals surface area contributed by atoms with Crippen LogP contribution in [0.5, 0.6) is 0 Å². The number of hydrogen-bond acceptors (Lipinski definition) is 3. The molecule has 4 nitrogen and oxygen atoms in total. The number of rotatable bonds is 6. The molecule has 0 saturated carbocycles. The molecule has 0 aliphatic carbocycles. The first-order valence-electron chi connectivity index (χ1n) is 6.54. The second kappa shape index (κ2) is 6.97. The maximum absolute atomic E-state index is 12.4. The van der Waals surface area contributed by atoms with Gasteiger partial charge in [0.05, 0.1) is 12.5 Å². The molecule has 1 aliphatic rings. The van der Waals surface area contributed by atoms with Crippen molar-refractivity contribution in [3.63, 3.8) is 0 Å². The van der Waals surface area contributed by atoms with Crippen molar-refractivity contribution in [2.75, 3.05) is 39.9 Å². The second-order valence-electron chi connectivity index (χ2n) is 5.41. The van der Waals surface area contributed by atoms with Crippen LogP contribution in [0.4, 0.5) is 0 Å². The van der Waals surface area contributed by atoms with E-state index < -0.39 is 0 Å². The lowest BCUT2D eigenvalue weighted by molar-refractivity contribution is -0.137. The summed E-state index contributed by atoms with van der Waals surface area (Å²) in [6.07, 6.45) is 0. The molecule has 0 bridgehead atoms. The summed E-state index contributed by atoms with van der Waals surface area (Å²) in [7, 11) is 1.68. The van der Waals surface area contributed by atoms with Crippen LogP contribution in [0.1, 0.15) is 20.8 Å². The molecule has 0 aromatic rings. The van der Waals surface area contributed by atoms with Gasteiger partial charge in [-0.15, -0.1) is 0 Å². The molecule has 100 valence electrons. The quantitative estimate of drug-likeness (QED) is 0.755. The van der Waals surface area contributed by atoms with Crippen molar-refractivity contribution >= 4 is 5.91 Å². The van der Waals surface area contributed by atoms with E-state index in [1.54, 1.807) is 7.11 Å².